The summed E-state index contributed by atoms with van der Waals surface area (Å²) in [5.41, 5.74) is 5.59. The highest BCUT2D eigenvalue weighted by Crippen LogP contribution is 2.25. The van der Waals surface area contributed by atoms with Crippen molar-refractivity contribution in [3.8, 4) is 22.5 Å². The van der Waals surface area contributed by atoms with Crippen molar-refractivity contribution in [1.82, 2.24) is 27.5 Å². The molecule has 4 aromatic rings. The normalized spacial score (nSPS) is 11.3. The fourth-order valence-corrected chi connectivity index (χ4v) is 4.62. The van der Waals surface area contributed by atoms with Gasteiger partial charge in [0.25, 0.3) is 9.24 Å². The zero-order valence-electron chi connectivity index (χ0n) is 23.3. The SMILES string of the molecule is C.CN(C)S(=O)(=O)Cl.Cc1nc(-c2ccccc2)c(C)[nH]1.Cc1nc(-c2ccccc2)c(C)n1S(=O)(=O)N(C)C. The lowest BCUT2D eigenvalue weighted by atomic mass is 10.1. The van der Waals surface area contributed by atoms with Crippen molar-refractivity contribution in [2.75, 3.05) is 28.2 Å². The van der Waals surface area contributed by atoms with Gasteiger partial charge in [-0.1, -0.05) is 68.1 Å². The van der Waals surface area contributed by atoms with E-state index in [1.807, 2.05) is 62.4 Å². The van der Waals surface area contributed by atoms with E-state index in [0.29, 0.717) is 17.2 Å². The summed E-state index contributed by atoms with van der Waals surface area (Å²) in [5.74, 6) is 1.43. The second-order valence-corrected chi connectivity index (χ2v) is 13.6. The lowest BCUT2D eigenvalue weighted by molar-refractivity contribution is 0.508. The van der Waals surface area contributed by atoms with Crippen molar-refractivity contribution in [1.29, 1.82) is 0 Å². The molecule has 40 heavy (non-hydrogen) atoms. The zero-order chi connectivity index (χ0) is 29.5. The van der Waals surface area contributed by atoms with Crippen molar-refractivity contribution in [3.63, 3.8) is 0 Å². The van der Waals surface area contributed by atoms with Crippen molar-refractivity contribution >= 4 is 30.1 Å². The van der Waals surface area contributed by atoms with Crippen LogP contribution in [0.4, 0.5) is 0 Å². The van der Waals surface area contributed by atoms with Gasteiger partial charge in [0.1, 0.15) is 11.6 Å². The molecule has 10 nitrogen and oxygen atoms in total. The highest BCUT2D eigenvalue weighted by atomic mass is 35.7. The van der Waals surface area contributed by atoms with Gasteiger partial charge in [0.05, 0.1) is 17.1 Å². The summed E-state index contributed by atoms with van der Waals surface area (Å²) in [4.78, 5) is 12.0. The molecule has 4 rings (SSSR count). The third-order valence-electron chi connectivity index (χ3n) is 5.44. The smallest absolute Gasteiger partial charge is 0.308 e. The Balaban J connectivity index is 0.000000331. The number of imidazole rings is 2. The van der Waals surface area contributed by atoms with E-state index < -0.39 is 19.4 Å². The summed E-state index contributed by atoms with van der Waals surface area (Å²) >= 11 is 0. The molecule has 0 radical (unpaired) electrons. The third-order valence-corrected chi connectivity index (χ3v) is 9.06. The monoisotopic (exact) mass is 610 g/mol. The van der Waals surface area contributed by atoms with Gasteiger partial charge in [0, 0.05) is 55.7 Å². The van der Waals surface area contributed by atoms with E-state index >= 15 is 0 Å². The number of nitrogens with one attached hydrogen (secondary N) is 1. The minimum absolute atomic E-state index is 0. The number of nitrogens with zero attached hydrogens (tertiary/aromatic N) is 5. The predicted octanol–water partition coefficient (Wildman–Crippen LogP) is 5.18. The quantitative estimate of drug-likeness (QED) is 0.311. The summed E-state index contributed by atoms with van der Waals surface area (Å²) in [6.45, 7) is 7.48. The molecule has 0 saturated carbocycles. The van der Waals surface area contributed by atoms with Crippen molar-refractivity contribution in [3.05, 3.63) is 83.7 Å². The molecule has 1 N–H and O–H groups in total. The van der Waals surface area contributed by atoms with E-state index in [-0.39, 0.29) is 7.43 Å². The van der Waals surface area contributed by atoms with E-state index in [1.165, 1.54) is 42.0 Å². The molecule has 0 aliphatic rings. The number of aromatic nitrogens is 4. The summed E-state index contributed by atoms with van der Waals surface area (Å²) in [6, 6.07) is 19.8. The zero-order valence-corrected chi connectivity index (χ0v) is 25.7. The second kappa shape index (κ2) is 14.6. The van der Waals surface area contributed by atoms with Crippen LogP contribution < -0.4 is 0 Å². The fraction of sp³-hybridized carbons (Fsp3) is 0.333. The van der Waals surface area contributed by atoms with Crippen LogP contribution in [0.1, 0.15) is 30.5 Å². The molecule has 2 aromatic carbocycles. The number of hydrogen-bond donors (Lipinski definition) is 1. The average molecular weight is 611 g/mol. The maximum absolute atomic E-state index is 12.3. The van der Waals surface area contributed by atoms with Gasteiger partial charge in [0.2, 0.25) is 0 Å². The molecule has 0 fully saturated rings. The molecule has 0 aliphatic carbocycles. The lowest BCUT2D eigenvalue weighted by Gasteiger charge is -2.14. The van der Waals surface area contributed by atoms with Crippen LogP contribution in [0.25, 0.3) is 22.5 Å². The number of H-pyrrole nitrogens is 1. The molecule has 0 saturated heterocycles. The van der Waals surface area contributed by atoms with Crippen LogP contribution in [0.2, 0.25) is 0 Å². The van der Waals surface area contributed by atoms with Gasteiger partial charge in [-0.2, -0.15) is 25.4 Å². The molecule has 2 aromatic heterocycles. The number of hydrogen-bond acceptors (Lipinski definition) is 6. The summed E-state index contributed by atoms with van der Waals surface area (Å²) in [5, 5.41) is 0. The molecule has 0 aliphatic heterocycles. The van der Waals surface area contributed by atoms with Crippen LogP contribution in [0.15, 0.2) is 60.7 Å². The Morgan fingerprint density at radius 1 is 0.725 bits per heavy atom. The third kappa shape index (κ3) is 9.00. The van der Waals surface area contributed by atoms with E-state index in [4.69, 9.17) is 10.7 Å². The molecule has 0 bridgehead atoms. The first-order chi connectivity index (χ1) is 18.1. The number of benzene rings is 2. The van der Waals surface area contributed by atoms with E-state index in [2.05, 4.69) is 27.1 Å². The van der Waals surface area contributed by atoms with Gasteiger partial charge < -0.3 is 4.98 Å². The molecule has 0 atom stereocenters. The van der Waals surface area contributed by atoms with Gasteiger partial charge in [-0.3, -0.25) is 0 Å². The largest absolute Gasteiger partial charge is 0.346 e. The predicted molar refractivity (Wildman–Crippen MR) is 164 cm³/mol. The molecule has 0 amide bonds. The first-order valence-corrected chi connectivity index (χ1v) is 15.5. The first-order valence-electron chi connectivity index (χ1n) is 11.8. The van der Waals surface area contributed by atoms with Crippen molar-refractivity contribution in [2.24, 2.45) is 0 Å². The Hall–Kier alpha value is -3.03. The topological polar surface area (TPSA) is 121 Å². The van der Waals surface area contributed by atoms with Crippen LogP contribution >= 0.6 is 10.7 Å². The Kier molecular flexibility index (Phi) is 12.7. The summed E-state index contributed by atoms with van der Waals surface area (Å²) in [6.07, 6.45) is 0. The average Bonchev–Trinajstić information content (AvgIpc) is 3.37. The molecule has 2 heterocycles. The van der Waals surface area contributed by atoms with Crippen LogP contribution in [0.5, 0.6) is 0 Å². The minimum atomic E-state index is -3.54. The van der Waals surface area contributed by atoms with E-state index in [9.17, 15) is 16.8 Å². The van der Waals surface area contributed by atoms with Crippen molar-refractivity contribution < 1.29 is 16.8 Å². The van der Waals surface area contributed by atoms with Crippen LogP contribution in [-0.2, 0) is 19.4 Å². The van der Waals surface area contributed by atoms with Gasteiger partial charge >= 0.3 is 10.2 Å². The molecule has 0 spiro atoms. The van der Waals surface area contributed by atoms with E-state index in [0.717, 1.165) is 27.1 Å². The fourth-order valence-electron chi connectivity index (χ4n) is 3.49. The molecular weight excluding hydrogens is 572 g/mol. The number of aromatic amines is 1. The molecule has 13 heteroatoms. The van der Waals surface area contributed by atoms with Gasteiger partial charge in [-0.25, -0.2) is 13.9 Å². The minimum Gasteiger partial charge on any atom is -0.346 e. The Morgan fingerprint density at radius 2 is 1.15 bits per heavy atom. The number of aryl methyl sites for hydroxylation is 3. The highest BCUT2D eigenvalue weighted by Gasteiger charge is 2.24. The van der Waals surface area contributed by atoms with Gasteiger partial charge in [0.15, 0.2) is 0 Å². The Bertz CT molecular complexity index is 1580. The molecule has 0 unspecified atom stereocenters. The summed E-state index contributed by atoms with van der Waals surface area (Å²) < 4.78 is 48.0. The standard InChI is InChI=1S/C13H17N3O2S.C11H12N2.C2H6ClNO2S.CH4/c1-10-13(12-8-6-5-7-9-12)14-11(2)16(10)19(17,18)15(3)4;1-8-11(13-9(2)12-8)10-6-4-3-5-7-10;1-4(2)7(3,5)6;/h5-9H,1-4H3;3-7H,1-2H3,(H,12,13);1-2H3;1H4. The maximum Gasteiger partial charge on any atom is 0.308 e. The van der Waals surface area contributed by atoms with Crippen LogP contribution in [0, 0.1) is 27.7 Å². The van der Waals surface area contributed by atoms with Crippen LogP contribution in [0.3, 0.4) is 0 Å². The number of rotatable bonds is 5. The lowest BCUT2D eigenvalue weighted by Crippen LogP contribution is -2.30. The second-order valence-electron chi connectivity index (χ2n) is 8.90. The van der Waals surface area contributed by atoms with Gasteiger partial charge in [-0.15, -0.1) is 0 Å². The highest BCUT2D eigenvalue weighted by molar-refractivity contribution is 8.11. The van der Waals surface area contributed by atoms with Gasteiger partial charge in [-0.05, 0) is 27.7 Å². The Labute approximate surface area is 243 Å². The Morgan fingerprint density at radius 3 is 1.50 bits per heavy atom. The number of halogens is 1. The summed E-state index contributed by atoms with van der Waals surface area (Å²) in [7, 11) is 3.54. The molecular formula is C27H39ClN6O4S2. The van der Waals surface area contributed by atoms with Crippen molar-refractivity contribution in [2.45, 2.75) is 35.1 Å². The van der Waals surface area contributed by atoms with Crippen LogP contribution in [-0.4, -0.2) is 72.6 Å². The molecule has 220 valence electrons. The maximum atomic E-state index is 12.3. The van der Waals surface area contributed by atoms with E-state index in [1.54, 1.807) is 13.8 Å². The first kappa shape index (κ1) is 35.0.